The first-order valence-electron chi connectivity index (χ1n) is 20.0. The van der Waals surface area contributed by atoms with Crippen LogP contribution in [0.5, 0.6) is 0 Å². The maximum atomic E-state index is 11.3. The summed E-state index contributed by atoms with van der Waals surface area (Å²) in [4.78, 5) is 27.9. The second-order valence-corrected chi connectivity index (χ2v) is 18.4. The van der Waals surface area contributed by atoms with Crippen LogP contribution in [0.25, 0.3) is 0 Å². The van der Waals surface area contributed by atoms with Crippen LogP contribution in [0.1, 0.15) is 171 Å². The minimum atomic E-state index is -0.974. The second-order valence-electron chi connectivity index (χ2n) is 18.4. The van der Waals surface area contributed by atoms with Crippen LogP contribution in [-0.4, -0.2) is 45.4 Å². The molecule has 0 aromatic heterocycles. The van der Waals surface area contributed by atoms with Crippen LogP contribution >= 0.6 is 0 Å². The third-order valence-corrected chi connectivity index (χ3v) is 12.3. The lowest BCUT2D eigenvalue weighted by Crippen LogP contribution is -2.34. The number of fused-ring (bicyclic) bond motifs is 2. The predicted octanol–water partition coefficient (Wildman–Crippen LogP) is 11.5. The fourth-order valence-electron chi connectivity index (χ4n) is 8.22. The van der Waals surface area contributed by atoms with E-state index in [1.165, 1.54) is 40.8 Å². The Hall–Kier alpha value is -5.24. The summed E-state index contributed by atoms with van der Waals surface area (Å²) < 4.78 is 0. The van der Waals surface area contributed by atoms with Gasteiger partial charge in [0.05, 0.1) is 11.1 Å². The van der Waals surface area contributed by atoms with Gasteiger partial charge < -0.3 is 20.3 Å². The lowest BCUT2D eigenvalue weighted by atomic mass is 9.62. The van der Waals surface area contributed by atoms with Gasteiger partial charge in [-0.15, -0.1) is 0 Å². The van der Waals surface area contributed by atoms with Crippen molar-refractivity contribution in [1.82, 2.24) is 0 Å². The van der Waals surface area contributed by atoms with E-state index in [2.05, 4.69) is 96.9 Å². The Morgan fingerprint density at radius 1 is 0.561 bits per heavy atom. The molecule has 2 aliphatic carbocycles. The van der Waals surface area contributed by atoms with Crippen molar-refractivity contribution >= 4 is 23.4 Å². The Bertz CT molecular complexity index is 2210. The van der Waals surface area contributed by atoms with Crippen molar-refractivity contribution in [3.63, 3.8) is 0 Å². The third-order valence-electron chi connectivity index (χ3n) is 12.3. The Labute approximate surface area is 338 Å². The summed E-state index contributed by atoms with van der Waals surface area (Å²) in [5.41, 5.74) is 13.2. The number of carboxylic acids is 2. The van der Waals surface area contributed by atoms with Crippen molar-refractivity contribution in [1.29, 1.82) is 0 Å². The number of carboxylic acid groups (broad SMARTS) is 2. The van der Waals surface area contributed by atoms with E-state index in [9.17, 15) is 19.9 Å². The zero-order valence-electron chi connectivity index (χ0n) is 35.6. The van der Waals surface area contributed by atoms with Crippen molar-refractivity contribution in [3.05, 3.63) is 140 Å². The molecule has 0 saturated carbocycles. The smallest absolute Gasteiger partial charge is 0.335 e. The van der Waals surface area contributed by atoms with E-state index >= 15 is 0 Å². The monoisotopic (exact) mass is 772 g/mol. The fourth-order valence-corrected chi connectivity index (χ4v) is 8.22. The molecule has 0 atom stereocenters. The maximum absolute atomic E-state index is 11.3. The van der Waals surface area contributed by atoms with E-state index in [1.807, 2.05) is 26.0 Å². The largest absolute Gasteiger partial charge is 0.478 e. The van der Waals surface area contributed by atoms with Crippen molar-refractivity contribution in [3.8, 4) is 0 Å². The average molecular weight is 773 g/mol. The molecular weight excluding hydrogens is 713 g/mol. The molecule has 57 heavy (non-hydrogen) atoms. The number of aryl methyl sites for hydroxylation is 2. The van der Waals surface area contributed by atoms with E-state index < -0.39 is 11.9 Å². The minimum Gasteiger partial charge on any atom is -0.478 e. The molecule has 8 heteroatoms. The molecule has 302 valence electrons. The van der Waals surface area contributed by atoms with Crippen molar-refractivity contribution in [2.75, 3.05) is 6.61 Å². The highest BCUT2D eigenvalue weighted by atomic mass is 16.6. The van der Waals surface area contributed by atoms with Crippen LogP contribution < -0.4 is 0 Å². The molecule has 0 fully saturated rings. The number of aromatic carboxylic acids is 2. The number of rotatable bonds is 9. The van der Waals surface area contributed by atoms with Gasteiger partial charge in [0.15, 0.2) is 0 Å². The van der Waals surface area contributed by atoms with Crippen LogP contribution in [-0.2, 0) is 26.5 Å². The van der Waals surface area contributed by atoms with Gasteiger partial charge in [0.25, 0.3) is 0 Å². The van der Waals surface area contributed by atoms with Gasteiger partial charge in [-0.05, 0) is 137 Å². The number of hydrogen-bond acceptors (Lipinski definition) is 6. The zero-order valence-corrected chi connectivity index (χ0v) is 35.6. The zero-order chi connectivity index (χ0) is 42.1. The molecule has 0 heterocycles. The summed E-state index contributed by atoms with van der Waals surface area (Å²) in [6, 6.07) is 22.3. The highest BCUT2D eigenvalue weighted by molar-refractivity contribution is 6.14. The lowest BCUT2D eigenvalue weighted by Gasteiger charge is -2.42. The number of carbonyl (C=O) groups is 2. The van der Waals surface area contributed by atoms with Gasteiger partial charge in [-0.25, -0.2) is 9.59 Å². The average Bonchev–Trinajstić information content (AvgIpc) is 3.15. The highest BCUT2D eigenvalue weighted by Gasteiger charge is 2.39. The summed E-state index contributed by atoms with van der Waals surface area (Å²) in [6.45, 7) is 25.1. The molecule has 3 N–H and O–H groups in total. The number of hydrogen-bond donors (Lipinski definition) is 3. The fraction of sp³-hybridized carbons (Fsp3) is 0.429. The molecule has 6 rings (SSSR count). The quantitative estimate of drug-likeness (QED) is 0.0672. The van der Waals surface area contributed by atoms with Gasteiger partial charge in [-0.3, -0.25) is 0 Å². The maximum Gasteiger partial charge on any atom is 0.335 e. The van der Waals surface area contributed by atoms with E-state index in [4.69, 9.17) is 9.94 Å². The van der Waals surface area contributed by atoms with Crippen LogP contribution in [0.3, 0.4) is 0 Å². The first-order chi connectivity index (χ1) is 26.6. The minimum absolute atomic E-state index is 0.0566. The number of oxime groups is 2. The van der Waals surface area contributed by atoms with Crippen LogP contribution in [0.2, 0.25) is 0 Å². The molecule has 0 spiro atoms. The second kappa shape index (κ2) is 16.3. The molecule has 0 radical (unpaired) electrons. The Morgan fingerprint density at radius 3 is 1.21 bits per heavy atom. The van der Waals surface area contributed by atoms with E-state index in [1.54, 1.807) is 24.3 Å². The first-order valence-corrected chi connectivity index (χ1v) is 20.0. The van der Waals surface area contributed by atoms with E-state index in [0.717, 1.165) is 59.2 Å². The standard InChI is InChI=1S/C26H33NO3.C23H27NO3/c1-7-14-30-27-23(18-8-10-19(11-9-18)24(28)29)20-16-22-21(15-17(20)2)25(3,4)12-13-26(22,5)6;1-14-12-18-19(23(4,5)11-10-22(18,2)3)13-17(14)20(24-27)15-6-8-16(9-7-15)21(25)26/h8-11,15-16H,7,12-14H2,1-6H3,(H,28,29);6-9,12-13,27H,10-11H2,1-5H3,(H,25,26)/b27-23-;24-20-. The highest BCUT2D eigenvalue weighted by Crippen LogP contribution is 2.48. The molecule has 0 amide bonds. The molecule has 4 aromatic carbocycles. The molecule has 0 saturated heterocycles. The Morgan fingerprint density at radius 2 is 0.877 bits per heavy atom. The van der Waals surface area contributed by atoms with Crippen molar-refractivity contribution in [2.45, 2.75) is 130 Å². The van der Waals surface area contributed by atoms with E-state index in [-0.39, 0.29) is 32.8 Å². The predicted molar refractivity (Wildman–Crippen MR) is 229 cm³/mol. The van der Waals surface area contributed by atoms with Crippen LogP contribution in [0.4, 0.5) is 0 Å². The number of nitrogens with zero attached hydrogens (tertiary/aromatic N) is 2. The van der Waals surface area contributed by atoms with Gasteiger partial charge in [0, 0.05) is 22.3 Å². The normalized spacial score (nSPS) is 17.7. The molecule has 8 nitrogen and oxygen atoms in total. The van der Waals surface area contributed by atoms with E-state index in [0.29, 0.717) is 17.9 Å². The van der Waals surface area contributed by atoms with Gasteiger partial charge in [-0.1, -0.05) is 109 Å². The van der Waals surface area contributed by atoms with Crippen LogP contribution in [0, 0.1) is 13.8 Å². The molecule has 0 bridgehead atoms. The summed E-state index contributed by atoms with van der Waals surface area (Å²) in [7, 11) is 0. The van der Waals surface area contributed by atoms with Crippen molar-refractivity contribution < 1.29 is 29.8 Å². The molecule has 4 aromatic rings. The third kappa shape index (κ3) is 9.01. The van der Waals surface area contributed by atoms with Gasteiger partial charge in [-0.2, -0.15) is 0 Å². The van der Waals surface area contributed by atoms with Crippen molar-refractivity contribution in [2.24, 2.45) is 10.3 Å². The van der Waals surface area contributed by atoms with Gasteiger partial charge in [0.2, 0.25) is 0 Å². The molecule has 2 aliphatic rings. The molecule has 0 unspecified atom stereocenters. The van der Waals surface area contributed by atoms with Crippen LogP contribution in [0.15, 0.2) is 83.1 Å². The first kappa shape index (κ1) is 42.9. The van der Waals surface area contributed by atoms with Gasteiger partial charge in [0.1, 0.15) is 18.0 Å². The molecule has 0 aliphatic heterocycles. The molecular formula is C49H60N2O6. The number of benzene rings is 4. The summed E-state index contributed by atoms with van der Waals surface area (Å²) in [5.74, 6) is -1.91. The summed E-state index contributed by atoms with van der Waals surface area (Å²) in [6.07, 6.45) is 5.43. The summed E-state index contributed by atoms with van der Waals surface area (Å²) in [5, 5.41) is 36.1. The summed E-state index contributed by atoms with van der Waals surface area (Å²) >= 11 is 0. The SMILES string of the molecule is CCCO/N=C(/c1ccc(C(=O)O)cc1)c1cc2c(cc1C)C(C)(C)CCC2(C)C.Cc1cc2c(cc1/C(=N\O)c1ccc(C(=O)O)cc1)C(C)(C)CCC2(C)C. The Balaban J connectivity index is 0.000000219. The topological polar surface area (TPSA) is 129 Å². The van der Waals surface area contributed by atoms with Gasteiger partial charge >= 0.3 is 11.9 Å². The Kier molecular flexibility index (Phi) is 12.3. The lowest BCUT2D eigenvalue weighted by molar-refractivity contribution is 0.0686.